The van der Waals surface area contributed by atoms with Crippen LogP contribution < -0.4 is 5.73 Å². The fourth-order valence-electron chi connectivity index (χ4n) is 3.13. The minimum Gasteiger partial charge on any atom is -0.399 e. The zero-order valence-corrected chi connectivity index (χ0v) is 12.6. The molecule has 1 aromatic heterocycles. The van der Waals surface area contributed by atoms with Gasteiger partial charge in [-0.1, -0.05) is 24.3 Å². The van der Waals surface area contributed by atoms with E-state index in [1.165, 1.54) is 0 Å². The van der Waals surface area contributed by atoms with Crippen molar-refractivity contribution >= 4 is 11.6 Å². The van der Waals surface area contributed by atoms with E-state index in [0.717, 1.165) is 36.2 Å². The standard InChI is InChI=1S/C18H21N3O/c19-16-7-2-1-5-14(16)9-10-18(22)21-12-4-8-17(21)15-6-3-11-20-13-15/h1-3,5-7,11,13,17H,4,8-10,12,19H2. The lowest BCUT2D eigenvalue weighted by molar-refractivity contribution is -0.132. The number of aromatic nitrogens is 1. The fourth-order valence-corrected chi connectivity index (χ4v) is 3.13. The van der Waals surface area contributed by atoms with Crippen molar-refractivity contribution in [3.63, 3.8) is 0 Å². The Morgan fingerprint density at radius 1 is 1.27 bits per heavy atom. The van der Waals surface area contributed by atoms with Gasteiger partial charge in [-0.2, -0.15) is 0 Å². The molecule has 1 aliphatic heterocycles. The summed E-state index contributed by atoms with van der Waals surface area (Å²) in [5, 5.41) is 0. The molecule has 3 rings (SSSR count). The Balaban J connectivity index is 1.65. The number of carbonyl (C=O) groups is 1. The molecule has 0 bridgehead atoms. The highest BCUT2D eigenvalue weighted by Crippen LogP contribution is 2.32. The van der Waals surface area contributed by atoms with Crippen LogP contribution in [0.1, 0.15) is 36.4 Å². The summed E-state index contributed by atoms with van der Waals surface area (Å²) >= 11 is 0. The Morgan fingerprint density at radius 3 is 2.91 bits per heavy atom. The van der Waals surface area contributed by atoms with Crippen molar-refractivity contribution in [3.05, 3.63) is 59.9 Å². The molecule has 0 spiro atoms. The molecule has 1 atom stereocenters. The van der Waals surface area contributed by atoms with Crippen LogP contribution in [0.3, 0.4) is 0 Å². The summed E-state index contributed by atoms with van der Waals surface area (Å²) in [6.45, 7) is 0.836. The molecule has 22 heavy (non-hydrogen) atoms. The van der Waals surface area contributed by atoms with E-state index < -0.39 is 0 Å². The molecule has 1 fully saturated rings. The Kier molecular flexibility index (Phi) is 4.37. The van der Waals surface area contributed by atoms with Crippen molar-refractivity contribution < 1.29 is 4.79 Å². The maximum absolute atomic E-state index is 12.6. The molecule has 2 aromatic rings. The van der Waals surface area contributed by atoms with E-state index >= 15 is 0 Å². The smallest absolute Gasteiger partial charge is 0.223 e. The predicted octanol–water partition coefficient (Wildman–Crippen LogP) is 2.96. The first-order valence-corrected chi connectivity index (χ1v) is 7.78. The van der Waals surface area contributed by atoms with Crippen LogP contribution in [0.25, 0.3) is 0 Å². The first kappa shape index (κ1) is 14.6. The van der Waals surface area contributed by atoms with Crippen LogP contribution in [0, 0.1) is 0 Å². The van der Waals surface area contributed by atoms with Gasteiger partial charge >= 0.3 is 0 Å². The summed E-state index contributed by atoms with van der Waals surface area (Å²) in [5.74, 6) is 0.203. The minimum atomic E-state index is 0.175. The molecule has 2 heterocycles. The van der Waals surface area contributed by atoms with E-state index in [9.17, 15) is 4.79 Å². The van der Waals surface area contributed by atoms with Crippen LogP contribution in [-0.2, 0) is 11.2 Å². The number of hydrogen-bond acceptors (Lipinski definition) is 3. The number of likely N-dealkylation sites (tertiary alicyclic amines) is 1. The number of aryl methyl sites for hydroxylation is 1. The second-order valence-corrected chi connectivity index (χ2v) is 5.73. The molecule has 1 amide bonds. The number of nitrogens with two attached hydrogens (primary N) is 1. The van der Waals surface area contributed by atoms with Crippen LogP contribution in [-0.4, -0.2) is 22.3 Å². The highest BCUT2D eigenvalue weighted by atomic mass is 16.2. The summed E-state index contributed by atoms with van der Waals surface area (Å²) in [5.41, 5.74) is 8.89. The van der Waals surface area contributed by atoms with Crippen molar-refractivity contribution in [1.82, 2.24) is 9.88 Å². The molecule has 1 saturated heterocycles. The Bertz CT molecular complexity index is 642. The lowest BCUT2D eigenvalue weighted by Gasteiger charge is -2.25. The molecule has 4 heteroatoms. The van der Waals surface area contributed by atoms with Gasteiger partial charge in [-0.15, -0.1) is 0 Å². The molecule has 1 aliphatic rings. The third kappa shape index (κ3) is 3.11. The van der Waals surface area contributed by atoms with Gasteiger partial charge in [-0.3, -0.25) is 9.78 Å². The van der Waals surface area contributed by atoms with Gasteiger partial charge in [0.25, 0.3) is 0 Å². The van der Waals surface area contributed by atoms with Gasteiger partial charge in [-0.25, -0.2) is 0 Å². The molecule has 2 N–H and O–H groups in total. The topological polar surface area (TPSA) is 59.2 Å². The highest BCUT2D eigenvalue weighted by molar-refractivity contribution is 5.77. The van der Waals surface area contributed by atoms with E-state index in [-0.39, 0.29) is 11.9 Å². The van der Waals surface area contributed by atoms with Crippen LogP contribution in [0.5, 0.6) is 0 Å². The van der Waals surface area contributed by atoms with Crippen molar-refractivity contribution in [2.45, 2.75) is 31.7 Å². The highest BCUT2D eigenvalue weighted by Gasteiger charge is 2.29. The second-order valence-electron chi connectivity index (χ2n) is 5.73. The summed E-state index contributed by atoms with van der Waals surface area (Å²) in [6.07, 6.45) is 6.91. The summed E-state index contributed by atoms with van der Waals surface area (Å²) in [7, 11) is 0. The molecular formula is C18H21N3O. The number of rotatable bonds is 4. The van der Waals surface area contributed by atoms with Gasteiger partial charge in [0.1, 0.15) is 0 Å². The van der Waals surface area contributed by atoms with Crippen molar-refractivity contribution in [2.75, 3.05) is 12.3 Å². The zero-order chi connectivity index (χ0) is 15.4. The average molecular weight is 295 g/mol. The lowest BCUT2D eigenvalue weighted by atomic mass is 10.0. The van der Waals surface area contributed by atoms with E-state index in [1.54, 1.807) is 6.20 Å². The first-order valence-electron chi connectivity index (χ1n) is 7.78. The van der Waals surface area contributed by atoms with Crippen molar-refractivity contribution in [2.24, 2.45) is 0 Å². The van der Waals surface area contributed by atoms with Gasteiger partial charge in [-0.05, 0) is 42.5 Å². The van der Waals surface area contributed by atoms with Gasteiger partial charge in [0.2, 0.25) is 5.91 Å². The lowest BCUT2D eigenvalue weighted by Crippen LogP contribution is -2.30. The maximum Gasteiger partial charge on any atom is 0.223 e. The molecule has 0 saturated carbocycles. The van der Waals surface area contributed by atoms with E-state index in [4.69, 9.17) is 5.73 Å². The average Bonchev–Trinajstić information content (AvgIpc) is 3.04. The molecule has 0 aliphatic carbocycles. The Labute approximate surface area is 131 Å². The number of anilines is 1. The first-order chi connectivity index (χ1) is 10.8. The van der Waals surface area contributed by atoms with E-state index in [2.05, 4.69) is 11.1 Å². The number of pyridine rings is 1. The van der Waals surface area contributed by atoms with Crippen LogP contribution in [0.15, 0.2) is 48.8 Å². The number of carbonyl (C=O) groups excluding carboxylic acids is 1. The largest absolute Gasteiger partial charge is 0.399 e. The third-order valence-corrected chi connectivity index (χ3v) is 4.31. The number of nitrogens with zero attached hydrogens (tertiary/aromatic N) is 2. The molecule has 114 valence electrons. The van der Waals surface area contributed by atoms with Crippen LogP contribution in [0.2, 0.25) is 0 Å². The molecule has 4 nitrogen and oxygen atoms in total. The number of hydrogen-bond donors (Lipinski definition) is 1. The van der Waals surface area contributed by atoms with Gasteiger partial charge in [0.05, 0.1) is 6.04 Å². The second kappa shape index (κ2) is 6.60. The van der Waals surface area contributed by atoms with E-state index in [1.807, 2.05) is 41.4 Å². The maximum atomic E-state index is 12.6. The summed E-state index contributed by atoms with van der Waals surface area (Å²) < 4.78 is 0. The number of benzene rings is 1. The monoisotopic (exact) mass is 295 g/mol. The van der Waals surface area contributed by atoms with Gasteiger partial charge in [0.15, 0.2) is 0 Å². The van der Waals surface area contributed by atoms with Crippen LogP contribution >= 0.6 is 0 Å². The number of nitrogen functional groups attached to an aromatic ring is 1. The quantitative estimate of drug-likeness (QED) is 0.882. The summed E-state index contributed by atoms with van der Waals surface area (Å²) in [6, 6.07) is 11.9. The number of para-hydroxylation sites is 1. The van der Waals surface area contributed by atoms with Gasteiger partial charge in [0, 0.05) is 31.0 Å². The third-order valence-electron chi connectivity index (χ3n) is 4.31. The molecule has 1 unspecified atom stereocenters. The molecule has 1 aromatic carbocycles. The van der Waals surface area contributed by atoms with Gasteiger partial charge < -0.3 is 10.6 Å². The Hall–Kier alpha value is -2.36. The fraction of sp³-hybridized carbons (Fsp3) is 0.333. The summed E-state index contributed by atoms with van der Waals surface area (Å²) in [4.78, 5) is 18.7. The number of amides is 1. The molecule has 0 radical (unpaired) electrons. The normalized spacial score (nSPS) is 17.6. The minimum absolute atomic E-state index is 0.175. The van der Waals surface area contributed by atoms with E-state index in [0.29, 0.717) is 12.8 Å². The Morgan fingerprint density at radius 2 is 2.14 bits per heavy atom. The van der Waals surface area contributed by atoms with Crippen molar-refractivity contribution in [1.29, 1.82) is 0 Å². The zero-order valence-electron chi connectivity index (χ0n) is 12.6. The van der Waals surface area contributed by atoms with Crippen molar-refractivity contribution in [3.8, 4) is 0 Å². The predicted molar refractivity (Wildman–Crippen MR) is 87.1 cm³/mol. The molecular weight excluding hydrogens is 274 g/mol. The van der Waals surface area contributed by atoms with Crippen LogP contribution in [0.4, 0.5) is 5.69 Å². The SMILES string of the molecule is Nc1ccccc1CCC(=O)N1CCCC1c1cccnc1.